The van der Waals surface area contributed by atoms with Gasteiger partial charge in [0.05, 0.1) is 12.1 Å². The number of benzene rings is 2. The lowest BCUT2D eigenvalue weighted by molar-refractivity contribution is -0.121. The molecule has 25 heavy (non-hydrogen) atoms. The molecule has 8 heteroatoms. The smallest absolute Gasteiger partial charge is 0.265 e. The Labute approximate surface area is 157 Å². The highest BCUT2D eigenvalue weighted by Gasteiger charge is 2.39. The molecule has 0 aliphatic carbocycles. The van der Waals surface area contributed by atoms with E-state index in [9.17, 15) is 14.4 Å². The maximum absolute atomic E-state index is 12.5. The van der Waals surface area contributed by atoms with Gasteiger partial charge >= 0.3 is 0 Å². The van der Waals surface area contributed by atoms with Crippen LogP contribution in [-0.4, -0.2) is 23.8 Å². The minimum atomic E-state index is -0.820. The Morgan fingerprint density at radius 1 is 1.16 bits per heavy atom. The van der Waals surface area contributed by atoms with Gasteiger partial charge in [-0.2, -0.15) is 0 Å². The van der Waals surface area contributed by atoms with Gasteiger partial charge in [0.1, 0.15) is 6.04 Å². The number of carbonyl (C=O) groups excluding carboxylic acids is 3. The third-order valence-corrected chi connectivity index (χ3v) is 4.44. The minimum absolute atomic E-state index is 0.0370. The topological polar surface area (TPSA) is 78.5 Å². The van der Waals surface area contributed by atoms with Crippen molar-refractivity contribution in [3.8, 4) is 0 Å². The number of carbonyl (C=O) groups is 3. The summed E-state index contributed by atoms with van der Waals surface area (Å²) in [6.07, 6.45) is -0.0370. The van der Waals surface area contributed by atoms with Crippen LogP contribution in [0, 0.1) is 0 Å². The van der Waals surface area contributed by atoms with Gasteiger partial charge < -0.3 is 0 Å². The summed E-state index contributed by atoms with van der Waals surface area (Å²) in [4.78, 5) is 37.8. The van der Waals surface area contributed by atoms with Crippen LogP contribution < -0.4 is 15.8 Å². The van der Waals surface area contributed by atoms with Crippen LogP contribution in [0.1, 0.15) is 16.8 Å². The maximum Gasteiger partial charge on any atom is 0.265 e. The van der Waals surface area contributed by atoms with Crippen molar-refractivity contribution in [2.24, 2.45) is 0 Å². The van der Waals surface area contributed by atoms with E-state index in [2.05, 4.69) is 26.8 Å². The van der Waals surface area contributed by atoms with Gasteiger partial charge in [-0.15, -0.1) is 0 Å². The molecule has 1 aliphatic rings. The van der Waals surface area contributed by atoms with Gasteiger partial charge in [-0.3, -0.25) is 19.8 Å². The molecular formula is C17H13BrClN3O3. The number of amides is 3. The number of hydrazine groups is 1. The lowest BCUT2D eigenvalue weighted by atomic mass is 10.2. The first-order chi connectivity index (χ1) is 12.0. The highest BCUT2D eigenvalue weighted by Crippen LogP contribution is 2.24. The predicted molar refractivity (Wildman–Crippen MR) is 97.1 cm³/mol. The third-order valence-electron chi connectivity index (χ3n) is 3.68. The Bertz CT molecular complexity index is 841. The monoisotopic (exact) mass is 421 g/mol. The second-order valence-corrected chi connectivity index (χ2v) is 6.76. The number of nitrogens with one attached hydrogen (secondary N) is 2. The van der Waals surface area contributed by atoms with Crippen molar-refractivity contribution in [2.45, 2.75) is 12.5 Å². The zero-order chi connectivity index (χ0) is 18.0. The molecule has 2 aromatic carbocycles. The quantitative estimate of drug-likeness (QED) is 0.586. The number of anilines is 1. The van der Waals surface area contributed by atoms with Crippen LogP contribution in [-0.2, 0) is 9.59 Å². The standard InChI is InChI=1S/C17H13BrClN3O3/c18-11-4-6-13(7-5-11)22-15(23)9-14(17(22)25)20-21-16(24)10-2-1-3-12(19)8-10/h1-8,14,20H,9H2,(H,21,24). The summed E-state index contributed by atoms with van der Waals surface area (Å²) in [5.41, 5.74) is 5.91. The van der Waals surface area contributed by atoms with Gasteiger partial charge in [0.25, 0.3) is 11.8 Å². The van der Waals surface area contributed by atoms with Crippen LogP contribution in [0.25, 0.3) is 0 Å². The van der Waals surface area contributed by atoms with Gasteiger partial charge in [-0.25, -0.2) is 10.3 Å². The van der Waals surface area contributed by atoms with Gasteiger partial charge in [0, 0.05) is 15.1 Å². The summed E-state index contributed by atoms with van der Waals surface area (Å²) in [6, 6.07) is 12.4. The molecule has 3 amide bonds. The zero-order valence-electron chi connectivity index (χ0n) is 12.8. The molecule has 0 radical (unpaired) electrons. The summed E-state index contributed by atoms with van der Waals surface area (Å²) < 4.78 is 0.846. The lowest BCUT2D eigenvalue weighted by Crippen LogP contribution is -2.48. The molecule has 0 aromatic heterocycles. The summed E-state index contributed by atoms with van der Waals surface area (Å²) in [5.74, 6) is -1.19. The Morgan fingerprint density at radius 3 is 2.56 bits per heavy atom. The predicted octanol–water partition coefficient (Wildman–Crippen LogP) is 2.67. The number of rotatable bonds is 4. The molecule has 1 atom stereocenters. The Morgan fingerprint density at radius 2 is 1.88 bits per heavy atom. The average Bonchev–Trinajstić information content (AvgIpc) is 2.87. The van der Waals surface area contributed by atoms with Crippen molar-refractivity contribution in [1.29, 1.82) is 0 Å². The molecule has 0 saturated carbocycles. The van der Waals surface area contributed by atoms with Crippen molar-refractivity contribution < 1.29 is 14.4 Å². The van der Waals surface area contributed by atoms with E-state index in [0.29, 0.717) is 16.3 Å². The highest BCUT2D eigenvalue weighted by molar-refractivity contribution is 9.10. The molecule has 1 unspecified atom stereocenters. The fourth-order valence-electron chi connectivity index (χ4n) is 2.46. The van der Waals surface area contributed by atoms with Crippen LogP contribution in [0.3, 0.4) is 0 Å². The first-order valence-electron chi connectivity index (χ1n) is 7.39. The largest absolute Gasteiger partial charge is 0.287 e. The van der Waals surface area contributed by atoms with Gasteiger partial charge in [-0.1, -0.05) is 33.6 Å². The van der Waals surface area contributed by atoms with Crippen molar-refractivity contribution >= 4 is 50.9 Å². The number of imide groups is 1. The fourth-order valence-corrected chi connectivity index (χ4v) is 2.92. The normalized spacial score (nSPS) is 17.0. The second kappa shape index (κ2) is 7.35. The van der Waals surface area contributed by atoms with Crippen LogP contribution in [0.5, 0.6) is 0 Å². The van der Waals surface area contributed by atoms with Gasteiger partial charge in [0.2, 0.25) is 5.91 Å². The average molecular weight is 423 g/mol. The summed E-state index contributed by atoms with van der Waals surface area (Å²) in [7, 11) is 0. The first-order valence-corrected chi connectivity index (χ1v) is 8.56. The Hall–Kier alpha value is -2.22. The van der Waals surface area contributed by atoms with Crippen LogP contribution in [0.15, 0.2) is 53.0 Å². The van der Waals surface area contributed by atoms with Gasteiger partial charge in [0.15, 0.2) is 0 Å². The van der Waals surface area contributed by atoms with E-state index in [1.54, 1.807) is 42.5 Å². The minimum Gasteiger partial charge on any atom is -0.287 e. The molecule has 2 aromatic rings. The summed E-state index contributed by atoms with van der Waals surface area (Å²) in [5, 5.41) is 0.432. The third kappa shape index (κ3) is 3.89. The molecule has 6 nitrogen and oxygen atoms in total. The first kappa shape index (κ1) is 17.6. The molecule has 1 fully saturated rings. The van der Waals surface area contributed by atoms with Crippen molar-refractivity contribution in [1.82, 2.24) is 10.9 Å². The van der Waals surface area contributed by atoms with Crippen LogP contribution in [0.2, 0.25) is 5.02 Å². The molecule has 2 N–H and O–H groups in total. The van der Waals surface area contributed by atoms with Crippen LogP contribution in [0.4, 0.5) is 5.69 Å². The number of halogens is 2. The van der Waals surface area contributed by atoms with Crippen molar-refractivity contribution in [3.05, 3.63) is 63.6 Å². The SMILES string of the molecule is O=C(NNC1CC(=O)N(c2ccc(Br)cc2)C1=O)c1cccc(Cl)c1. The van der Waals surface area contributed by atoms with E-state index in [4.69, 9.17) is 11.6 Å². The number of hydrogen-bond donors (Lipinski definition) is 2. The van der Waals surface area contributed by atoms with E-state index in [1.165, 1.54) is 6.07 Å². The Kier molecular flexibility index (Phi) is 5.17. The van der Waals surface area contributed by atoms with Gasteiger partial charge in [-0.05, 0) is 42.5 Å². The molecule has 3 rings (SSSR count). The molecule has 1 saturated heterocycles. The summed E-state index contributed by atoms with van der Waals surface area (Å²) >= 11 is 9.15. The lowest BCUT2D eigenvalue weighted by Gasteiger charge is -2.16. The van der Waals surface area contributed by atoms with E-state index in [0.717, 1.165) is 9.37 Å². The van der Waals surface area contributed by atoms with E-state index >= 15 is 0 Å². The molecule has 1 heterocycles. The highest BCUT2D eigenvalue weighted by atomic mass is 79.9. The second-order valence-electron chi connectivity index (χ2n) is 5.41. The molecule has 0 bridgehead atoms. The van der Waals surface area contributed by atoms with Crippen molar-refractivity contribution in [3.63, 3.8) is 0 Å². The number of nitrogens with zero attached hydrogens (tertiary/aromatic N) is 1. The van der Waals surface area contributed by atoms with E-state index < -0.39 is 17.9 Å². The van der Waals surface area contributed by atoms with E-state index in [-0.39, 0.29) is 12.3 Å². The maximum atomic E-state index is 12.5. The van der Waals surface area contributed by atoms with E-state index in [1.807, 2.05) is 0 Å². The molecule has 128 valence electrons. The number of hydrogen-bond acceptors (Lipinski definition) is 4. The molecular weight excluding hydrogens is 410 g/mol. The fraction of sp³-hybridized carbons (Fsp3) is 0.118. The molecule has 0 spiro atoms. The zero-order valence-corrected chi connectivity index (χ0v) is 15.2. The van der Waals surface area contributed by atoms with Crippen molar-refractivity contribution in [2.75, 3.05) is 4.90 Å². The Balaban J connectivity index is 1.66. The van der Waals surface area contributed by atoms with Crippen LogP contribution >= 0.6 is 27.5 Å². The summed E-state index contributed by atoms with van der Waals surface area (Å²) in [6.45, 7) is 0. The molecule has 1 aliphatic heterocycles.